The zero-order valence-electron chi connectivity index (χ0n) is 9.53. The van der Waals surface area contributed by atoms with E-state index in [1.54, 1.807) is 0 Å². The van der Waals surface area contributed by atoms with Crippen LogP contribution in [-0.4, -0.2) is 6.61 Å². The predicted octanol–water partition coefficient (Wildman–Crippen LogP) is 3.64. The van der Waals surface area contributed by atoms with Crippen molar-refractivity contribution in [3.05, 3.63) is 66.0 Å². The van der Waals surface area contributed by atoms with Gasteiger partial charge in [-0.15, -0.1) is 0 Å². The Morgan fingerprint density at radius 2 is 1.71 bits per heavy atom. The Hall–Kier alpha value is -1.83. The lowest BCUT2D eigenvalue weighted by atomic mass is 10.1. The van der Waals surface area contributed by atoms with Crippen LogP contribution in [-0.2, 0) is 6.42 Å². The van der Waals surface area contributed by atoms with Crippen molar-refractivity contribution in [1.82, 2.24) is 0 Å². The van der Waals surface area contributed by atoms with Crippen molar-refractivity contribution in [2.24, 2.45) is 0 Å². The topological polar surface area (TPSA) is 9.23 Å². The largest absolute Gasteiger partial charge is 0.494 e. The molecule has 0 aliphatic heterocycles. The molecule has 87 valence electrons. The van der Waals surface area contributed by atoms with Crippen molar-refractivity contribution in [1.29, 1.82) is 0 Å². The van der Waals surface area contributed by atoms with Crippen LogP contribution < -0.4 is 4.74 Å². The summed E-state index contributed by atoms with van der Waals surface area (Å²) in [6.07, 6.45) is 1.82. The van der Waals surface area contributed by atoms with E-state index in [2.05, 4.69) is 6.07 Å². The van der Waals surface area contributed by atoms with Crippen molar-refractivity contribution in [3.8, 4) is 5.75 Å². The number of rotatable bonds is 5. The van der Waals surface area contributed by atoms with Gasteiger partial charge in [0.1, 0.15) is 11.6 Å². The Bertz CT molecular complexity index is 436. The van der Waals surface area contributed by atoms with Crippen LogP contribution in [0.15, 0.2) is 48.5 Å². The Kier molecular flexibility index (Phi) is 4.14. The van der Waals surface area contributed by atoms with Gasteiger partial charge in [0.05, 0.1) is 6.61 Å². The van der Waals surface area contributed by atoms with Gasteiger partial charge in [0.2, 0.25) is 0 Å². The van der Waals surface area contributed by atoms with Crippen LogP contribution in [0.4, 0.5) is 4.39 Å². The van der Waals surface area contributed by atoms with Crippen LogP contribution in [0, 0.1) is 11.9 Å². The second-order valence-corrected chi connectivity index (χ2v) is 3.81. The summed E-state index contributed by atoms with van der Waals surface area (Å²) in [4.78, 5) is 0. The van der Waals surface area contributed by atoms with Crippen LogP contribution in [0.2, 0.25) is 0 Å². The molecular formula is C15H14FO. The maximum absolute atomic E-state index is 12.7. The summed E-state index contributed by atoms with van der Waals surface area (Å²) in [5, 5.41) is 0. The van der Waals surface area contributed by atoms with Gasteiger partial charge >= 0.3 is 0 Å². The molecule has 1 radical (unpaired) electrons. The quantitative estimate of drug-likeness (QED) is 0.711. The molecule has 0 saturated carbocycles. The number of halogens is 1. The van der Waals surface area contributed by atoms with E-state index in [1.165, 1.54) is 12.1 Å². The second kappa shape index (κ2) is 6.04. The second-order valence-electron chi connectivity index (χ2n) is 3.81. The number of hydrogen-bond acceptors (Lipinski definition) is 1. The predicted molar refractivity (Wildman–Crippen MR) is 65.5 cm³/mol. The maximum atomic E-state index is 12.7. The summed E-state index contributed by atoms with van der Waals surface area (Å²) in [5.74, 6) is 0.674. The average Bonchev–Trinajstić information content (AvgIpc) is 2.38. The molecule has 0 aromatic heterocycles. The molecule has 0 aliphatic carbocycles. The molecule has 2 rings (SSSR count). The van der Waals surface area contributed by atoms with E-state index in [4.69, 9.17) is 4.74 Å². The first-order valence-corrected chi connectivity index (χ1v) is 5.68. The minimum atomic E-state index is -0.189. The highest BCUT2D eigenvalue weighted by atomic mass is 19.1. The molecule has 0 atom stereocenters. The molecule has 0 saturated heterocycles. The molecule has 0 fully saturated rings. The third kappa shape index (κ3) is 3.91. The van der Waals surface area contributed by atoms with E-state index in [9.17, 15) is 4.39 Å². The van der Waals surface area contributed by atoms with Crippen molar-refractivity contribution in [3.63, 3.8) is 0 Å². The lowest BCUT2D eigenvalue weighted by molar-refractivity contribution is 0.311. The first-order valence-electron chi connectivity index (χ1n) is 5.68. The first kappa shape index (κ1) is 11.6. The van der Waals surface area contributed by atoms with E-state index in [0.29, 0.717) is 6.61 Å². The summed E-state index contributed by atoms with van der Waals surface area (Å²) in [6.45, 7) is 0.668. The summed E-state index contributed by atoms with van der Waals surface area (Å²) < 4.78 is 18.2. The van der Waals surface area contributed by atoms with Crippen LogP contribution >= 0.6 is 0 Å². The molecular weight excluding hydrogens is 215 g/mol. The molecule has 2 aromatic carbocycles. The van der Waals surface area contributed by atoms with Crippen LogP contribution in [0.5, 0.6) is 5.75 Å². The monoisotopic (exact) mass is 229 g/mol. The standard InChI is InChI=1S/C15H14FO/c16-14-10-8-13(9-11-14)5-4-12-17-15-6-2-1-3-7-15/h2-3,6-11H,4-5,12H2. The van der Waals surface area contributed by atoms with Gasteiger partial charge in [-0.2, -0.15) is 0 Å². The molecule has 0 spiro atoms. The summed E-state index contributed by atoms with van der Waals surface area (Å²) >= 11 is 0. The van der Waals surface area contributed by atoms with Crippen LogP contribution in [0.1, 0.15) is 12.0 Å². The molecule has 2 aromatic rings. The van der Waals surface area contributed by atoms with E-state index < -0.39 is 0 Å². The third-order valence-corrected chi connectivity index (χ3v) is 2.48. The van der Waals surface area contributed by atoms with E-state index in [-0.39, 0.29) is 5.82 Å². The van der Waals surface area contributed by atoms with Crippen molar-refractivity contribution in [2.75, 3.05) is 6.61 Å². The van der Waals surface area contributed by atoms with Gasteiger partial charge in [0.25, 0.3) is 0 Å². The Labute approximate surface area is 101 Å². The van der Waals surface area contributed by atoms with Crippen molar-refractivity contribution in [2.45, 2.75) is 12.8 Å². The number of aryl methyl sites for hydroxylation is 1. The molecule has 0 unspecified atom stereocenters. The highest BCUT2D eigenvalue weighted by molar-refractivity contribution is 5.20. The maximum Gasteiger partial charge on any atom is 0.123 e. The van der Waals surface area contributed by atoms with E-state index in [0.717, 1.165) is 24.2 Å². The van der Waals surface area contributed by atoms with Gasteiger partial charge in [-0.05, 0) is 48.7 Å². The first-order chi connectivity index (χ1) is 8.34. The molecule has 0 heterocycles. The highest BCUT2D eigenvalue weighted by Gasteiger charge is 1.95. The molecule has 1 nitrogen and oxygen atoms in total. The minimum Gasteiger partial charge on any atom is -0.494 e. The van der Waals surface area contributed by atoms with Gasteiger partial charge in [-0.3, -0.25) is 0 Å². The SMILES string of the molecule is Fc1ccc(CCCOc2cc[c]cc2)cc1. The fraction of sp³-hybridized carbons (Fsp3) is 0.200. The molecule has 2 heteroatoms. The van der Waals surface area contributed by atoms with Gasteiger partial charge in [0, 0.05) is 0 Å². The van der Waals surface area contributed by atoms with Crippen LogP contribution in [0.3, 0.4) is 0 Å². The third-order valence-electron chi connectivity index (χ3n) is 2.48. The van der Waals surface area contributed by atoms with E-state index >= 15 is 0 Å². The van der Waals surface area contributed by atoms with Crippen molar-refractivity contribution >= 4 is 0 Å². The van der Waals surface area contributed by atoms with Gasteiger partial charge < -0.3 is 4.74 Å². The van der Waals surface area contributed by atoms with E-state index in [1.807, 2.05) is 36.4 Å². The Balaban J connectivity index is 1.71. The molecule has 17 heavy (non-hydrogen) atoms. The number of hydrogen-bond donors (Lipinski definition) is 0. The summed E-state index contributed by atoms with van der Waals surface area (Å²) in [7, 11) is 0. The van der Waals surface area contributed by atoms with Gasteiger partial charge in [-0.25, -0.2) is 4.39 Å². The normalized spacial score (nSPS) is 10.2. The van der Waals surface area contributed by atoms with Crippen LogP contribution in [0.25, 0.3) is 0 Å². The van der Waals surface area contributed by atoms with Gasteiger partial charge in [-0.1, -0.05) is 24.3 Å². The number of ether oxygens (including phenoxy) is 1. The molecule has 0 N–H and O–H groups in total. The zero-order chi connectivity index (χ0) is 11.9. The minimum absolute atomic E-state index is 0.189. The van der Waals surface area contributed by atoms with Crippen molar-refractivity contribution < 1.29 is 9.13 Å². The number of benzene rings is 2. The lowest BCUT2D eigenvalue weighted by Crippen LogP contribution is -1.99. The molecule has 0 aliphatic rings. The molecule has 0 bridgehead atoms. The fourth-order valence-electron chi connectivity index (χ4n) is 1.59. The fourth-order valence-corrected chi connectivity index (χ4v) is 1.59. The van der Waals surface area contributed by atoms with Gasteiger partial charge in [0.15, 0.2) is 0 Å². The zero-order valence-corrected chi connectivity index (χ0v) is 9.53. The molecule has 0 amide bonds. The summed E-state index contributed by atoms with van der Waals surface area (Å²) in [6, 6.07) is 17.0. The highest BCUT2D eigenvalue weighted by Crippen LogP contribution is 2.10. The smallest absolute Gasteiger partial charge is 0.123 e. The Morgan fingerprint density at radius 3 is 2.41 bits per heavy atom. The summed E-state index contributed by atoms with van der Waals surface area (Å²) in [5.41, 5.74) is 1.14. The average molecular weight is 229 g/mol. The lowest BCUT2D eigenvalue weighted by Gasteiger charge is -2.05. The Morgan fingerprint density at radius 1 is 1.00 bits per heavy atom.